The van der Waals surface area contributed by atoms with Crippen molar-refractivity contribution in [3.8, 4) is 0 Å². The van der Waals surface area contributed by atoms with E-state index < -0.39 is 0 Å². The Morgan fingerprint density at radius 3 is 2.56 bits per heavy atom. The number of carbonyl (C=O) groups is 1. The van der Waals surface area contributed by atoms with E-state index in [0.29, 0.717) is 12.3 Å². The number of likely N-dealkylation sites (tertiary alicyclic amines) is 1. The van der Waals surface area contributed by atoms with Crippen molar-refractivity contribution in [3.05, 3.63) is 47.3 Å². The number of carbonyl (C=O) groups excluding carboxylic acids is 1. The van der Waals surface area contributed by atoms with Gasteiger partial charge in [-0.25, -0.2) is 0 Å². The standard InChI is InChI=1S/C22H32N4O/c1-4-12-26-18(3)22(17(2)24-26)23-21(27)15-19-10-13-25(14-11-19)16-20-8-6-5-7-9-20/h5-9,19H,4,10-16H2,1-3H3,(H,23,27). The fourth-order valence-electron chi connectivity index (χ4n) is 3.95. The van der Waals surface area contributed by atoms with Gasteiger partial charge in [0.05, 0.1) is 17.1 Å². The molecular weight excluding hydrogens is 336 g/mol. The van der Waals surface area contributed by atoms with Gasteiger partial charge in [-0.05, 0) is 57.7 Å². The van der Waals surface area contributed by atoms with Gasteiger partial charge in [0.15, 0.2) is 0 Å². The number of amides is 1. The highest BCUT2D eigenvalue weighted by atomic mass is 16.1. The van der Waals surface area contributed by atoms with Gasteiger partial charge in [-0.15, -0.1) is 0 Å². The van der Waals surface area contributed by atoms with Crippen molar-refractivity contribution in [2.45, 2.75) is 59.5 Å². The highest BCUT2D eigenvalue weighted by Gasteiger charge is 2.22. The van der Waals surface area contributed by atoms with Gasteiger partial charge in [-0.1, -0.05) is 37.3 Å². The van der Waals surface area contributed by atoms with Crippen molar-refractivity contribution in [2.75, 3.05) is 18.4 Å². The summed E-state index contributed by atoms with van der Waals surface area (Å²) in [4.78, 5) is 15.1. The minimum Gasteiger partial charge on any atom is -0.323 e. The molecule has 0 bridgehead atoms. The van der Waals surface area contributed by atoms with Crippen molar-refractivity contribution in [2.24, 2.45) is 5.92 Å². The smallest absolute Gasteiger partial charge is 0.224 e. The van der Waals surface area contributed by atoms with Crippen LogP contribution in [0.3, 0.4) is 0 Å². The molecule has 1 N–H and O–H groups in total. The van der Waals surface area contributed by atoms with Crippen LogP contribution in [0.25, 0.3) is 0 Å². The van der Waals surface area contributed by atoms with Crippen LogP contribution in [0.15, 0.2) is 30.3 Å². The Hall–Kier alpha value is -2.14. The average molecular weight is 369 g/mol. The van der Waals surface area contributed by atoms with Crippen molar-refractivity contribution in [1.29, 1.82) is 0 Å². The molecular formula is C22H32N4O. The Labute approximate surface area is 162 Å². The minimum atomic E-state index is 0.124. The Morgan fingerprint density at radius 2 is 1.89 bits per heavy atom. The zero-order chi connectivity index (χ0) is 19.2. The normalized spacial score (nSPS) is 15.8. The number of hydrogen-bond acceptors (Lipinski definition) is 3. The summed E-state index contributed by atoms with van der Waals surface area (Å²) in [6.45, 7) is 10.2. The number of rotatable bonds is 7. The van der Waals surface area contributed by atoms with Crippen LogP contribution in [-0.2, 0) is 17.9 Å². The molecule has 1 aliphatic rings. The van der Waals surface area contributed by atoms with Crippen LogP contribution >= 0.6 is 0 Å². The molecule has 1 aromatic carbocycles. The molecule has 5 heteroatoms. The molecule has 5 nitrogen and oxygen atoms in total. The predicted molar refractivity (Wildman–Crippen MR) is 110 cm³/mol. The lowest BCUT2D eigenvalue weighted by atomic mass is 9.93. The fraction of sp³-hybridized carbons (Fsp3) is 0.545. The molecule has 1 saturated heterocycles. The highest BCUT2D eigenvalue weighted by molar-refractivity contribution is 5.92. The van der Waals surface area contributed by atoms with Gasteiger partial charge in [0.2, 0.25) is 5.91 Å². The number of benzene rings is 1. The van der Waals surface area contributed by atoms with Crippen LogP contribution in [0, 0.1) is 19.8 Å². The first-order valence-electron chi connectivity index (χ1n) is 10.2. The van der Waals surface area contributed by atoms with Crippen LogP contribution in [0.4, 0.5) is 5.69 Å². The summed E-state index contributed by atoms with van der Waals surface area (Å²) < 4.78 is 1.99. The van der Waals surface area contributed by atoms with E-state index in [4.69, 9.17) is 0 Å². The first-order chi connectivity index (χ1) is 13.1. The van der Waals surface area contributed by atoms with Gasteiger partial charge in [0.25, 0.3) is 0 Å². The first-order valence-corrected chi connectivity index (χ1v) is 10.2. The molecule has 0 spiro atoms. The summed E-state index contributed by atoms with van der Waals surface area (Å²) in [6.07, 6.45) is 3.83. The average Bonchev–Trinajstić information content (AvgIpc) is 2.92. The van der Waals surface area contributed by atoms with Gasteiger partial charge < -0.3 is 5.32 Å². The molecule has 1 amide bonds. The van der Waals surface area contributed by atoms with Crippen LogP contribution < -0.4 is 5.32 Å². The fourth-order valence-corrected chi connectivity index (χ4v) is 3.95. The van der Waals surface area contributed by atoms with Crippen molar-refractivity contribution < 1.29 is 4.79 Å². The highest BCUT2D eigenvalue weighted by Crippen LogP contribution is 2.24. The molecule has 27 heavy (non-hydrogen) atoms. The number of piperidine rings is 1. The molecule has 2 heterocycles. The van der Waals surface area contributed by atoms with E-state index in [2.05, 4.69) is 52.6 Å². The summed E-state index contributed by atoms with van der Waals surface area (Å²) in [5, 5.41) is 7.66. The number of aromatic nitrogens is 2. The Bertz CT molecular complexity index is 745. The second kappa shape index (κ2) is 9.18. The quantitative estimate of drug-likeness (QED) is 0.799. The number of anilines is 1. The monoisotopic (exact) mass is 368 g/mol. The summed E-state index contributed by atoms with van der Waals surface area (Å²) in [5.41, 5.74) is 4.23. The Balaban J connectivity index is 1.47. The number of hydrogen-bond donors (Lipinski definition) is 1. The molecule has 1 aromatic heterocycles. The van der Waals surface area contributed by atoms with E-state index in [1.54, 1.807) is 0 Å². The predicted octanol–water partition coefficient (Wildman–Crippen LogP) is 4.15. The summed E-state index contributed by atoms with van der Waals surface area (Å²) in [5.74, 6) is 0.599. The minimum absolute atomic E-state index is 0.124. The maximum Gasteiger partial charge on any atom is 0.224 e. The van der Waals surface area contributed by atoms with E-state index in [1.165, 1.54) is 5.56 Å². The third-order valence-corrected chi connectivity index (χ3v) is 5.51. The Morgan fingerprint density at radius 1 is 1.19 bits per heavy atom. The second-order valence-corrected chi connectivity index (χ2v) is 7.73. The van der Waals surface area contributed by atoms with E-state index in [-0.39, 0.29) is 5.91 Å². The van der Waals surface area contributed by atoms with Crippen LogP contribution in [0.1, 0.15) is 49.6 Å². The maximum absolute atomic E-state index is 12.6. The zero-order valence-corrected chi connectivity index (χ0v) is 16.9. The second-order valence-electron chi connectivity index (χ2n) is 7.73. The molecule has 146 valence electrons. The lowest BCUT2D eigenvalue weighted by molar-refractivity contribution is -0.117. The van der Waals surface area contributed by atoms with Gasteiger partial charge in [0.1, 0.15) is 0 Å². The topological polar surface area (TPSA) is 50.2 Å². The van der Waals surface area contributed by atoms with Gasteiger partial charge in [-0.2, -0.15) is 5.10 Å². The summed E-state index contributed by atoms with van der Waals surface area (Å²) in [6, 6.07) is 10.6. The van der Waals surface area contributed by atoms with Crippen LogP contribution in [0.2, 0.25) is 0 Å². The molecule has 0 atom stereocenters. The summed E-state index contributed by atoms with van der Waals surface area (Å²) >= 11 is 0. The van der Waals surface area contributed by atoms with Gasteiger partial charge in [-0.3, -0.25) is 14.4 Å². The maximum atomic E-state index is 12.6. The van der Waals surface area contributed by atoms with Crippen molar-refractivity contribution >= 4 is 11.6 Å². The molecule has 0 unspecified atom stereocenters. The SMILES string of the molecule is CCCn1nc(C)c(NC(=O)CC2CCN(Cc3ccccc3)CC2)c1C. The lowest BCUT2D eigenvalue weighted by Gasteiger charge is -2.31. The Kier molecular flexibility index (Phi) is 6.67. The van der Waals surface area contributed by atoms with E-state index >= 15 is 0 Å². The third kappa shape index (κ3) is 5.19. The molecule has 1 fully saturated rings. The van der Waals surface area contributed by atoms with E-state index in [0.717, 1.165) is 62.5 Å². The molecule has 0 radical (unpaired) electrons. The summed E-state index contributed by atoms with van der Waals surface area (Å²) in [7, 11) is 0. The van der Waals surface area contributed by atoms with E-state index in [9.17, 15) is 4.79 Å². The van der Waals surface area contributed by atoms with Gasteiger partial charge in [0, 0.05) is 19.5 Å². The first kappa shape index (κ1) is 19.6. The zero-order valence-electron chi connectivity index (χ0n) is 16.9. The third-order valence-electron chi connectivity index (χ3n) is 5.51. The molecule has 1 aliphatic heterocycles. The van der Waals surface area contributed by atoms with Gasteiger partial charge >= 0.3 is 0 Å². The number of nitrogens with zero attached hydrogens (tertiary/aromatic N) is 3. The molecule has 2 aromatic rings. The van der Waals surface area contributed by atoms with E-state index in [1.807, 2.05) is 18.5 Å². The molecule has 3 rings (SSSR count). The molecule has 0 aliphatic carbocycles. The number of nitrogens with one attached hydrogen (secondary N) is 1. The van der Waals surface area contributed by atoms with Crippen LogP contribution in [-0.4, -0.2) is 33.7 Å². The largest absolute Gasteiger partial charge is 0.323 e. The molecule has 0 saturated carbocycles. The van der Waals surface area contributed by atoms with Crippen molar-refractivity contribution in [3.63, 3.8) is 0 Å². The van der Waals surface area contributed by atoms with Crippen LogP contribution in [0.5, 0.6) is 0 Å². The lowest BCUT2D eigenvalue weighted by Crippen LogP contribution is -2.34. The van der Waals surface area contributed by atoms with Crippen molar-refractivity contribution in [1.82, 2.24) is 14.7 Å². The number of aryl methyl sites for hydroxylation is 2.